The zero-order valence-corrected chi connectivity index (χ0v) is 16.3. The van der Waals surface area contributed by atoms with Crippen molar-refractivity contribution in [3.05, 3.63) is 59.1 Å². The van der Waals surface area contributed by atoms with Gasteiger partial charge in [-0.2, -0.15) is 5.10 Å². The molecule has 0 aliphatic carbocycles. The van der Waals surface area contributed by atoms with Crippen LogP contribution in [0.15, 0.2) is 42.7 Å². The van der Waals surface area contributed by atoms with Crippen molar-refractivity contribution < 1.29 is 4.79 Å². The van der Waals surface area contributed by atoms with Gasteiger partial charge in [-0.05, 0) is 31.1 Å². The van der Waals surface area contributed by atoms with Gasteiger partial charge in [-0.1, -0.05) is 37.6 Å². The van der Waals surface area contributed by atoms with Crippen molar-refractivity contribution in [1.29, 1.82) is 0 Å². The van der Waals surface area contributed by atoms with Crippen molar-refractivity contribution >= 4 is 29.3 Å². The van der Waals surface area contributed by atoms with Crippen LogP contribution in [-0.2, 0) is 11.3 Å². The number of rotatable bonds is 6. The largest absolute Gasteiger partial charge is 0.345 e. The zero-order chi connectivity index (χ0) is 19.4. The van der Waals surface area contributed by atoms with Gasteiger partial charge in [-0.3, -0.25) is 9.48 Å². The van der Waals surface area contributed by atoms with E-state index in [-0.39, 0.29) is 5.91 Å². The minimum absolute atomic E-state index is 0.237. The Balaban J connectivity index is 1.71. The first-order valence-electron chi connectivity index (χ1n) is 8.76. The molecule has 1 amide bonds. The van der Waals surface area contributed by atoms with Gasteiger partial charge in [0, 0.05) is 41.8 Å². The summed E-state index contributed by atoms with van der Waals surface area (Å²) >= 11 is 6.40. The van der Waals surface area contributed by atoms with Crippen LogP contribution in [0.1, 0.15) is 25.1 Å². The summed E-state index contributed by atoms with van der Waals surface area (Å²) in [5.74, 6) is 0.948. The number of amides is 1. The van der Waals surface area contributed by atoms with Gasteiger partial charge in [-0.15, -0.1) is 0 Å². The second-order valence-electron chi connectivity index (χ2n) is 6.71. The van der Waals surface area contributed by atoms with Crippen molar-refractivity contribution in [2.24, 2.45) is 5.92 Å². The Bertz CT molecular complexity index is 957. The van der Waals surface area contributed by atoms with Crippen molar-refractivity contribution in [1.82, 2.24) is 19.7 Å². The average Bonchev–Trinajstić information content (AvgIpc) is 3.23. The predicted octanol–water partition coefficient (Wildman–Crippen LogP) is 4.54. The number of imidazole rings is 1. The van der Waals surface area contributed by atoms with Gasteiger partial charge in [-0.25, -0.2) is 4.98 Å². The molecule has 27 heavy (non-hydrogen) atoms. The van der Waals surface area contributed by atoms with E-state index in [0.29, 0.717) is 16.8 Å². The van der Waals surface area contributed by atoms with Crippen molar-refractivity contribution in [2.75, 3.05) is 5.32 Å². The Kier molecular flexibility index (Phi) is 5.76. The number of hydrogen-bond donors (Lipinski definition) is 2. The molecule has 0 spiro atoms. The summed E-state index contributed by atoms with van der Waals surface area (Å²) in [6.07, 6.45) is 6.62. The predicted molar refractivity (Wildman–Crippen MR) is 108 cm³/mol. The summed E-state index contributed by atoms with van der Waals surface area (Å²) in [4.78, 5) is 19.6. The molecular weight excluding hydrogens is 362 g/mol. The molecule has 0 saturated carbocycles. The Morgan fingerprint density at radius 2 is 2.22 bits per heavy atom. The summed E-state index contributed by atoms with van der Waals surface area (Å²) in [5, 5.41) is 7.84. The lowest BCUT2D eigenvalue weighted by molar-refractivity contribution is -0.111. The maximum Gasteiger partial charge on any atom is 0.248 e. The number of aromatic amines is 1. The number of aromatic nitrogens is 4. The second-order valence-corrected chi connectivity index (χ2v) is 7.07. The summed E-state index contributed by atoms with van der Waals surface area (Å²) in [6, 6.07) is 7.49. The van der Waals surface area contributed by atoms with Crippen LogP contribution in [0.25, 0.3) is 17.5 Å². The lowest BCUT2D eigenvalue weighted by Gasteiger charge is -2.05. The van der Waals surface area contributed by atoms with E-state index in [0.717, 1.165) is 29.2 Å². The molecule has 6 nitrogen and oxygen atoms in total. The fraction of sp³-hybridized carbons (Fsp3) is 0.250. The monoisotopic (exact) mass is 383 g/mol. The molecule has 0 unspecified atom stereocenters. The first-order chi connectivity index (χ1) is 12.9. The van der Waals surface area contributed by atoms with E-state index in [1.165, 1.54) is 6.08 Å². The summed E-state index contributed by atoms with van der Waals surface area (Å²) in [5.41, 5.74) is 3.15. The highest BCUT2D eigenvalue weighted by molar-refractivity contribution is 6.31. The van der Waals surface area contributed by atoms with Crippen LogP contribution in [0, 0.1) is 12.8 Å². The zero-order valence-electron chi connectivity index (χ0n) is 15.5. The third-order valence-corrected chi connectivity index (χ3v) is 4.35. The Hall–Kier alpha value is -2.86. The number of aryl methyl sites for hydroxylation is 1. The Morgan fingerprint density at radius 3 is 2.93 bits per heavy atom. The lowest BCUT2D eigenvalue weighted by atomic mass is 10.2. The van der Waals surface area contributed by atoms with E-state index in [2.05, 4.69) is 34.2 Å². The third-order valence-electron chi connectivity index (χ3n) is 3.95. The highest BCUT2D eigenvalue weighted by Gasteiger charge is 2.12. The molecule has 0 saturated heterocycles. The second kappa shape index (κ2) is 8.22. The van der Waals surface area contributed by atoms with Gasteiger partial charge in [0.05, 0.1) is 5.69 Å². The van der Waals surface area contributed by atoms with Crippen molar-refractivity contribution in [2.45, 2.75) is 27.3 Å². The van der Waals surface area contributed by atoms with E-state index < -0.39 is 0 Å². The fourth-order valence-electron chi connectivity index (χ4n) is 2.73. The van der Waals surface area contributed by atoms with Gasteiger partial charge in [0.1, 0.15) is 11.0 Å². The Morgan fingerprint density at radius 1 is 1.41 bits per heavy atom. The number of anilines is 1. The number of carbonyl (C=O) groups excluding carboxylic acids is 1. The van der Waals surface area contributed by atoms with Crippen LogP contribution in [0.2, 0.25) is 5.15 Å². The van der Waals surface area contributed by atoms with E-state index in [1.54, 1.807) is 23.2 Å². The van der Waals surface area contributed by atoms with Gasteiger partial charge < -0.3 is 10.3 Å². The van der Waals surface area contributed by atoms with Gasteiger partial charge in [0.25, 0.3) is 0 Å². The molecule has 0 aliphatic rings. The number of nitrogens with zero attached hydrogens (tertiary/aromatic N) is 3. The lowest BCUT2D eigenvalue weighted by Crippen LogP contribution is -2.07. The number of carbonyl (C=O) groups is 1. The van der Waals surface area contributed by atoms with Crippen LogP contribution in [-0.4, -0.2) is 25.7 Å². The van der Waals surface area contributed by atoms with Gasteiger partial charge in [0.15, 0.2) is 0 Å². The Labute approximate surface area is 163 Å². The molecule has 2 N–H and O–H groups in total. The summed E-state index contributed by atoms with van der Waals surface area (Å²) in [7, 11) is 0. The van der Waals surface area contributed by atoms with Crippen LogP contribution >= 0.6 is 11.6 Å². The van der Waals surface area contributed by atoms with Gasteiger partial charge >= 0.3 is 0 Å². The molecule has 0 radical (unpaired) electrons. The molecule has 0 fully saturated rings. The maximum absolute atomic E-state index is 12.3. The normalized spacial score (nSPS) is 11.4. The highest BCUT2D eigenvalue weighted by Crippen LogP contribution is 2.23. The van der Waals surface area contributed by atoms with Crippen molar-refractivity contribution in [3.63, 3.8) is 0 Å². The van der Waals surface area contributed by atoms with Crippen LogP contribution < -0.4 is 5.32 Å². The molecule has 3 aromatic rings. The summed E-state index contributed by atoms with van der Waals surface area (Å²) in [6.45, 7) is 6.83. The highest BCUT2D eigenvalue weighted by atomic mass is 35.5. The van der Waals surface area contributed by atoms with E-state index in [9.17, 15) is 4.79 Å². The van der Waals surface area contributed by atoms with Crippen LogP contribution in [0.5, 0.6) is 0 Å². The molecule has 0 atom stereocenters. The number of halogens is 1. The molecule has 2 heterocycles. The fourth-order valence-corrected chi connectivity index (χ4v) is 3.04. The first-order valence-corrected chi connectivity index (χ1v) is 9.13. The molecule has 3 rings (SSSR count). The molecule has 1 aromatic carbocycles. The SMILES string of the molecule is Cc1nn(CC(C)C)c(Cl)c1C=CC(=O)Nc1cccc(-c2ncc[nH]2)c1. The third kappa shape index (κ3) is 4.65. The van der Waals surface area contributed by atoms with Crippen molar-refractivity contribution in [3.8, 4) is 11.4 Å². The molecule has 7 heteroatoms. The maximum atomic E-state index is 12.3. The number of H-pyrrole nitrogens is 1. The smallest absolute Gasteiger partial charge is 0.248 e. The van der Waals surface area contributed by atoms with E-state index in [4.69, 9.17) is 11.6 Å². The van der Waals surface area contributed by atoms with E-state index >= 15 is 0 Å². The van der Waals surface area contributed by atoms with Crippen LogP contribution in [0.3, 0.4) is 0 Å². The van der Waals surface area contributed by atoms with E-state index in [1.807, 2.05) is 31.2 Å². The number of nitrogens with one attached hydrogen (secondary N) is 2. The summed E-state index contributed by atoms with van der Waals surface area (Å²) < 4.78 is 1.77. The molecule has 140 valence electrons. The van der Waals surface area contributed by atoms with Crippen LogP contribution in [0.4, 0.5) is 5.69 Å². The first kappa shape index (κ1) is 18.9. The molecule has 0 aliphatic heterocycles. The molecule has 0 bridgehead atoms. The van der Waals surface area contributed by atoms with Gasteiger partial charge in [0.2, 0.25) is 5.91 Å². The minimum atomic E-state index is -0.237. The molecule has 2 aromatic heterocycles. The topological polar surface area (TPSA) is 75.6 Å². The number of hydrogen-bond acceptors (Lipinski definition) is 3. The average molecular weight is 384 g/mol. The quantitative estimate of drug-likeness (QED) is 0.613. The standard InChI is InChI=1S/C20H22ClN5O/c1-13(2)12-26-19(21)17(14(3)25-26)7-8-18(27)24-16-6-4-5-15(11-16)20-22-9-10-23-20/h4-11,13H,12H2,1-3H3,(H,22,23)(H,24,27). The molecular formula is C20H22ClN5O. The number of benzene rings is 1. The minimum Gasteiger partial charge on any atom is -0.345 e.